The van der Waals surface area contributed by atoms with Crippen molar-refractivity contribution >= 4 is 27.2 Å². The van der Waals surface area contributed by atoms with E-state index in [1.807, 2.05) is 19.9 Å². The fraction of sp³-hybridized carbons (Fsp3) is 0.250. The predicted octanol–water partition coefficient (Wildman–Crippen LogP) is 7.93. The van der Waals surface area contributed by atoms with Crippen molar-refractivity contribution in [3.05, 3.63) is 88.1 Å². The number of rotatable bonds is 5. The topological polar surface area (TPSA) is 12.5 Å². The second kappa shape index (κ2) is 10.8. The number of nitrogens with zero attached hydrogens (tertiary/aromatic N) is 1. The molecule has 0 unspecified atom stereocenters. The smallest absolute Gasteiger partial charge is 0.422 e. The summed E-state index contributed by atoms with van der Waals surface area (Å²) in [7, 11) is 0. The molecule has 2 nitrogen and oxygen atoms in total. The fourth-order valence-corrected chi connectivity index (χ4v) is 3.61. The van der Waals surface area contributed by atoms with E-state index in [9.17, 15) is 13.2 Å². The third kappa shape index (κ3) is 5.79. The van der Waals surface area contributed by atoms with Crippen molar-refractivity contribution in [2.75, 3.05) is 13.2 Å². The quantitative estimate of drug-likeness (QED) is 0.375. The first-order chi connectivity index (χ1) is 15.1. The third-order valence-electron chi connectivity index (χ3n) is 4.45. The predicted molar refractivity (Wildman–Crippen MR) is 121 cm³/mol. The molecule has 0 spiro atoms. The van der Waals surface area contributed by atoms with Crippen LogP contribution in [0, 0.1) is 11.6 Å². The Morgan fingerprint density at radius 3 is 2.09 bits per heavy atom. The highest BCUT2D eigenvalue weighted by atomic mass is 79.9. The minimum Gasteiger partial charge on any atom is -0.484 e. The van der Waals surface area contributed by atoms with Gasteiger partial charge in [-0.1, -0.05) is 50.8 Å². The first kappa shape index (κ1) is 25.6. The summed E-state index contributed by atoms with van der Waals surface area (Å²) in [5, 5.41) is 0. The van der Waals surface area contributed by atoms with E-state index in [2.05, 4.69) is 27.2 Å². The molecular formula is C24H23BrF5NO. The number of hydrogen-bond acceptors (Lipinski definition) is 2. The monoisotopic (exact) mass is 515 g/mol. The maximum atomic E-state index is 15.0. The highest BCUT2D eigenvalue weighted by molar-refractivity contribution is 9.12. The zero-order valence-corrected chi connectivity index (χ0v) is 19.4. The summed E-state index contributed by atoms with van der Waals surface area (Å²) in [6.45, 7) is 8.49. The lowest BCUT2D eigenvalue weighted by Gasteiger charge is -2.34. The van der Waals surface area contributed by atoms with Gasteiger partial charge in [0.1, 0.15) is 17.4 Å². The molecule has 0 aromatic heterocycles. The van der Waals surface area contributed by atoms with Crippen LogP contribution in [0.2, 0.25) is 0 Å². The van der Waals surface area contributed by atoms with E-state index in [-0.39, 0.29) is 11.3 Å². The van der Waals surface area contributed by atoms with Gasteiger partial charge in [0.2, 0.25) is 0 Å². The zero-order valence-electron chi connectivity index (χ0n) is 17.9. The molecular weight excluding hydrogens is 493 g/mol. The molecule has 0 N–H and O–H groups in total. The van der Waals surface area contributed by atoms with Crippen LogP contribution < -0.4 is 4.74 Å². The highest BCUT2D eigenvalue weighted by Gasteiger charge is 2.31. The van der Waals surface area contributed by atoms with Crippen LogP contribution in [0.4, 0.5) is 22.0 Å². The van der Waals surface area contributed by atoms with Gasteiger partial charge in [0.15, 0.2) is 6.61 Å². The number of allylic oxidation sites excluding steroid dienone is 3. The van der Waals surface area contributed by atoms with E-state index >= 15 is 8.78 Å². The van der Waals surface area contributed by atoms with E-state index < -0.39 is 30.2 Å². The number of ether oxygens (including phenoxy) is 1. The van der Waals surface area contributed by atoms with Gasteiger partial charge in [0.05, 0.1) is 11.3 Å². The second-order valence-corrected chi connectivity index (χ2v) is 7.33. The van der Waals surface area contributed by atoms with Crippen LogP contribution in [0.3, 0.4) is 0 Å². The van der Waals surface area contributed by atoms with Crippen molar-refractivity contribution < 1.29 is 26.7 Å². The fourth-order valence-electron chi connectivity index (χ4n) is 3.17. The molecule has 0 aliphatic carbocycles. The Balaban J connectivity index is 0.00000176. The minimum absolute atomic E-state index is 0.231. The molecule has 0 saturated heterocycles. The van der Waals surface area contributed by atoms with Crippen LogP contribution in [0.1, 0.15) is 31.9 Å². The van der Waals surface area contributed by atoms with Gasteiger partial charge < -0.3 is 9.64 Å². The van der Waals surface area contributed by atoms with E-state index in [0.717, 1.165) is 12.1 Å². The van der Waals surface area contributed by atoms with Crippen molar-refractivity contribution in [2.45, 2.75) is 26.9 Å². The summed E-state index contributed by atoms with van der Waals surface area (Å²) in [4.78, 5) is 1.64. The van der Waals surface area contributed by atoms with Crippen LogP contribution in [0.25, 0.3) is 11.3 Å². The molecule has 0 radical (unpaired) electrons. The molecule has 0 fully saturated rings. The number of hydrogen-bond donors (Lipinski definition) is 0. The highest BCUT2D eigenvalue weighted by Crippen LogP contribution is 2.43. The van der Waals surface area contributed by atoms with E-state index in [1.165, 1.54) is 0 Å². The van der Waals surface area contributed by atoms with Gasteiger partial charge in [0.25, 0.3) is 0 Å². The van der Waals surface area contributed by atoms with Gasteiger partial charge in [-0.2, -0.15) is 13.2 Å². The molecule has 0 atom stereocenters. The SMILES string of the molecule is C=C1C(Br)=CC(c2ccccc2)=C(c2c(F)cc(OCC(F)(F)F)cc2F)N1CC.CC. The summed E-state index contributed by atoms with van der Waals surface area (Å²) >= 11 is 3.43. The van der Waals surface area contributed by atoms with Gasteiger partial charge in [-0.15, -0.1) is 0 Å². The van der Waals surface area contributed by atoms with Gasteiger partial charge >= 0.3 is 6.18 Å². The number of benzene rings is 2. The molecule has 8 heteroatoms. The molecule has 1 aliphatic heterocycles. The average molecular weight is 516 g/mol. The van der Waals surface area contributed by atoms with Crippen molar-refractivity contribution in [1.29, 1.82) is 0 Å². The molecule has 0 bridgehead atoms. The van der Waals surface area contributed by atoms with Crippen molar-refractivity contribution in [2.24, 2.45) is 0 Å². The standard InChI is InChI=1S/C22H17BrF5NO.C2H6/c1-3-29-13(2)17(23)11-16(14-7-5-4-6-8-14)21(29)20-18(24)9-15(10-19(20)25)30-12-22(26,27)28;1-2/h4-11H,2-3,12H2,1H3;1-2H3. The number of likely N-dealkylation sites (N-methyl/N-ethyl adjacent to an activating group) is 1. The summed E-state index contributed by atoms with van der Waals surface area (Å²) in [6, 6.07) is 10.5. The normalized spacial score (nSPS) is 14.1. The maximum Gasteiger partial charge on any atom is 0.422 e. The van der Waals surface area contributed by atoms with Gasteiger partial charge in [-0.25, -0.2) is 8.78 Å². The first-order valence-corrected chi connectivity index (χ1v) is 10.7. The Hall–Kier alpha value is -2.61. The number of alkyl halides is 3. The van der Waals surface area contributed by atoms with E-state index in [4.69, 9.17) is 0 Å². The molecule has 0 saturated carbocycles. The Labute approximate surface area is 192 Å². The first-order valence-electron chi connectivity index (χ1n) is 9.95. The van der Waals surface area contributed by atoms with Crippen LogP contribution in [0.5, 0.6) is 5.75 Å². The lowest BCUT2D eigenvalue weighted by atomic mass is 9.94. The average Bonchev–Trinajstić information content (AvgIpc) is 2.76. The number of halogens is 6. The molecule has 0 amide bonds. The Bertz CT molecular complexity index is 1010. The Kier molecular flexibility index (Phi) is 8.66. The van der Waals surface area contributed by atoms with Gasteiger partial charge in [-0.05, 0) is 34.5 Å². The molecule has 32 heavy (non-hydrogen) atoms. The van der Waals surface area contributed by atoms with Gasteiger partial charge in [0, 0.05) is 34.4 Å². The van der Waals surface area contributed by atoms with Crippen molar-refractivity contribution in [1.82, 2.24) is 4.90 Å². The van der Waals surface area contributed by atoms with Crippen LogP contribution >= 0.6 is 15.9 Å². The maximum absolute atomic E-state index is 15.0. The second-order valence-electron chi connectivity index (χ2n) is 6.48. The molecule has 2 aromatic rings. The summed E-state index contributed by atoms with van der Waals surface area (Å²) < 4.78 is 72.3. The van der Waals surface area contributed by atoms with Crippen LogP contribution in [-0.2, 0) is 0 Å². The lowest BCUT2D eigenvalue weighted by molar-refractivity contribution is -0.153. The van der Waals surface area contributed by atoms with Crippen molar-refractivity contribution in [3.63, 3.8) is 0 Å². The molecule has 1 aliphatic rings. The minimum atomic E-state index is -4.62. The molecule has 1 heterocycles. The van der Waals surface area contributed by atoms with Gasteiger partial charge in [-0.3, -0.25) is 0 Å². The third-order valence-corrected chi connectivity index (χ3v) is 5.14. The summed E-state index contributed by atoms with van der Waals surface area (Å²) in [5.41, 5.74) is 1.62. The molecule has 2 aromatic carbocycles. The molecule has 172 valence electrons. The zero-order chi connectivity index (χ0) is 24.1. The summed E-state index contributed by atoms with van der Waals surface area (Å²) in [6.07, 6.45) is -2.90. The summed E-state index contributed by atoms with van der Waals surface area (Å²) in [5.74, 6) is -2.61. The largest absolute Gasteiger partial charge is 0.484 e. The van der Waals surface area contributed by atoms with E-state index in [0.29, 0.717) is 27.9 Å². The van der Waals surface area contributed by atoms with E-state index in [1.54, 1.807) is 42.2 Å². The Morgan fingerprint density at radius 2 is 1.59 bits per heavy atom. The lowest BCUT2D eigenvalue weighted by Crippen LogP contribution is -2.26. The van der Waals surface area contributed by atoms with Crippen LogP contribution in [0.15, 0.2) is 65.3 Å². The van der Waals surface area contributed by atoms with Crippen LogP contribution in [-0.4, -0.2) is 24.2 Å². The van der Waals surface area contributed by atoms with Crippen molar-refractivity contribution in [3.8, 4) is 5.75 Å². The molecule has 3 rings (SSSR count). The Morgan fingerprint density at radius 1 is 1.03 bits per heavy atom.